The van der Waals surface area contributed by atoms with Crippen molar-refractivity contribution >= 4 is 34.7 Å². The van der Waals surface area contributed by atoms with E-state index in [4.69, 9.17) is 21.1 Å². The normalized spacial score (nSPS) is 15.9. The second-order valence-corrected chi connectivity index (χ2v) is 9.36. The van der Waals surface area contributed by atoms with Crippen LogP contribution in [0, 0.1) is 6.92 Å². The van der Waals surface area contributed by atoms with E-state index in [0.29, 0.717) is 5.02 Å². The van der Waals surface area contributed by atoms with E-state index in [2.05, 4.69) is 30.3 Å². The second-order valence-electron chi connectivity index (χ2n) is 8.95. The Morgan fingerprint density at radius 1 is 1.14 bits per heavy atom. The van der Waals surface area contributed by atoms with Gasteiger partial charge >= 0.3 is 0 Å². The number of aromatic nitrogens is 5. The summed E-state index contributed by atoms with van der Waals surface area (Å²) in [6, 6.07) is 9.89. The van der Waals surface area contributed by atoms with Gasteiger partial charge in [0.25, 0.3) is 0 Å². The standard InChI is InChI=1S/C27H29ClN6O2/c1-18-15-29-16-24(28)27(18)19(2)36-22-7-9-26-23(14-22)25(32-33-26)8-6-20-4-5-21(31-30-20)17-34-10-3-12-35-13-11-34/h4-9,14-16,19H,3,10-13,17H2,1-2H3,(H,32,33)/b8-6+/t19-/m1/s1. The van der Waals surface area contributed by atoms with Gasteiger partial charge < -0.3 is 9.47 Å². The summed E-state index contributed by atoms with van der Waals surface area (Å²) < 4.78 is 11.8. The van der Waals surface area contributed by atoms with Gasteiger partial charge in [-0.2, -0.15) is 15.3 Å². The molecular formula is C27H29ClN6O2. The lowest BCUT2D eigenvalue weighted by molar-refractivity contribution is 0.140. The van der Waals surface area contributed by atoms with Crippen molar-refractivity contribution in [2.24, 2.45) is 0 Å². The van der Waals surface area contributed by atoms with Crippen LogP contribution in [-0.2, 0) is 11.3 Å². The minimum absolute atomic E-state index is 0.223. The van der Waals surface area contributed by atoms with E-state index >= 15 is 0 Å². The average molecular weight is 505 g/mol. The number of nitrogens with one attached hydrogen (secondary N) is 1. The highest BCUT2D eigenvalue weighted by atomic mass is 35.5. The fraction of sp³-hybridized carbons (Fsp3) is 0.333. The summed E-state index contributed by atoms with van der Waals surface area (Å²) >= 11 is 6.37. The number of benzene rings is 1. The Hall–Kier alpha value is -3.33. The van der Waals surface area contributed by atoms with Crippen LogP contribution in [0.2, 0.25) is 5.02 Å². The van der Waals surface area contributed by atoms with E-state index < -0.39 is 0 Å². The monoisotopic (exact) mass is 504 g/mol. The number of pyridine rings is 1. The van der Waals surface area contributed by atoms with Crippen LogP contribution in [0.4, 0.5) is 0 Å². The lowest BCUT2D eigenvalue weighted by Crippen LogP contribution is -2.26. The number of nitrogens with zero attached hydrogens (tertiary/aromatic N) is 5. The topological polar surface area (TPSA) is 89.0 Å². The summed E-state index contributed by atoms with van der Waals surface area (Å²) in [5.41, 5.74) is 5.39. The van der Waals surface area contributed by atoms with Crippen LogP contribution in [0.1, 0.15) is 47.7 Å². The van der Waals surface area contributed by atoms with Gasteiger partial charge in [-0.05, 0) is 68.3 Å². The van der Waals surface area contributed by atoms with Crippen LogP contribution in [0.25, 0.3) is 23.1 Å². The zero-order valence-corrected chi connectivity index (χ0v) is 21.2. The third kappa shape index (κ3) is 5.73. The molecule has 0 spiro atoms. The van der Waals surface area contributed by atoms with E-state index in [1.165, 1.54) is 0 Å². The number of ether oxygens (including phenoxy) is 2. The maximum atomic E-state index is 6.37. The lowest BCUT2D eigenvalue weighted by Gasteiger charge is -2.18. The molecule has 0 saturated carbocycles. The molecule has 1 saturated heterocycles. The van der Waals surface area contributed by atoms with Crippen molar-refractivity contribution in [3.8, 4) is 5.75 Å². The zero-order chi connectivity index (χ0) is 24.9. The van der Waals surface area contributed by atoms with Crippen molar-refractivity contribution in [3.63, 3.8) is 0 Å². The number of halogens is 1. The lowest BCUT2D eigenvalue weighted by atomic mass is 10.1. The summed E-state index contributed by atoms with van der Waals surface area (Å²) in [7, 11) is 0. The number of fused-ring (bicyclic) bond motifs is 1. The molecule has 1 atom stereocenters. The van der Waals surface area contributed by atoms with Gasteiger partial charge in [0.2, 0.25) is 0 Å². The molecule has 1 aliphatic heterocycles. The molecule has 36 heavy (non-hydrogen) atoms. The maximum Gasteiger partial charge on any atom is 0.123 e. The number of rotatable bonds is 7. The van der Waals surface area contributed by atoms with Crippen LogP contribution in [-0.4, -0.2) is 56.6 Å². The number of hydrogen-bond acceptors (Lipinski definition) is 7. The predicted octanol–water partition coefficient (Wildman–Crippen LogP) is 5.24. The highest BCUT2D eigenvalue weighted by Gasteiger charge is 2.16. The largest absolute Gasteiger partial charge is 0.486 e. The minimum atomic E-state index is -0.223. The zero-order valence-electron chi connectivity index (χ0n) is 20.4. The van der Waals surface area contributed by atoms with Gasteiger partial charge in [0, 0.05) is 49.6 Å². The Morgan fingerprint density at radius 2 is 2.06 bits per heavy atom. The van der Waals surface area contributed by atoms with Crippen LogP contribution in [0.3, 0.4) is 0 Å². The van der Waals surface area contributed by atoms with Gasteiger partial charge in [-0.1, -0.05) is 11.6 Å². The molecule has 1 N–H and O–H groups in total. The summed E-state index contributed by atoms with van der Waals surface area (Å²) in [6.07, 6.45) is 8.12. The first-order chi connectivity index (χ1) is 17.6. The van der Waals surface area contributed by atoms with Crippen LogP contribution in [0.15, 0.2) is 42.7 Å². The molecule has 9 heteroatoms. The Labute approximate surface area is 215 Å². The molecule has 0 bridgehead atoms. The summed E-state index contributed by atoms with van der Waals surface area (Å²) in [6.45, 7) is 8.31. The molecule has 0 radical (unpaired) electrons. The second kappa shape index (κ2) is 11.2. The molecule has 8 nitrogen and oxygen atoms in total. The quantitative estimate of drug-likeness (QED) is 0.368. The third-order valence-electron chi connectivity index (χ3n) is 6.27. The first kappa shape index (κ1) is 24.4. The number of hydrogen-bond donors (Lipinski definition) is 1. The fourth-order valence-corrected chi connectivity index (χ4v) is 4.79. The van der Waals surface area contributed by atoms with E-state index in [9.17, 15) is 0 Å². The fourth-order valence-electron chi connectivity index (χ4n) is 4.43. The van der Waals surface area contributed by atoms with Gasteiger partial charge in [0.1, 0.15) is 11.9 Å². The number of aryl methyl sites for hydroxylation is 1. The van der Waals surface area contributed by atoms with Crippen LogP contribution >= 0.6 is 11.6 Å². The Morgan fingerprint density at radius 3 is 2.89 bits per heavy atom. The maximum absolute atomic E-state index is 6.37. The Kier molecular flexibility index (Phi) is 7.55. The minimum Gasteiger partial charge on any atom is -0.486 e. The highest BCUT2D eigenvalue weighted by Crippen LogP contribution is 2.31. The van der Waals surface area contributed by atoms with Crippen LogP contribution < -0.4 is 4.74 Å². The third-order valence-corrected chi connectivity index (χ3v) is 6.58. The average Bonchev–Trinajstić information content (AvgIpc) is 3.09. The molecular weight excluding hydrogens is 476 g/mol. The van der Waals surface area contributed by atoms with Crippen molar-refractivity contribution in [2.45, 2.75) is 32.9 Å². The number of aromatic amines is 1. The van der Waals surface area contributed by atoms with Gasteiger partial charge in [0.15, 0.2) is 0 Å². The van der Waals surface area contributed by atoms with Gasteiger partial charge in [0.05, 0.1) is 34.2 Å². The molecule has 4 heterocycles. The summed E-state index contributed by atoms with van der Waals surface area (Å²) in [4.78, 5) is 6.49. The van der Waals surface area contributed by atoms with Crippen molar-refractivity contribution < 1.29 is 9.47 Å². The summed E-state index contributed by atoms with van der Waals surface area (Å²) in [5.74, 6) is 0.737. The molecule has 1 fully saturated rings. The summed E-state index contributed by atoms with van der Waals surface area (Å²) in [5, 5.41) is 17.9. The van der Waals surface area contributed by atoms with Gasteiger partial charge in [-0.15, -0.1) is 0 Å². The molecule has 0 aliphatic carbocycles. The SMILES string of the molecule is Cc1cncc(Cl)c1[C@@H](C)Oc1ccc2[nH]nc(/C=C/c3ccc(CN4CCCOCC4)nn3)c2c1. The molecule has 4 aromatic rings. The van der Waals surface area contributed by atoms with Crippen molar-refractivity contribution in [3.05, 3.63) is 76.0 Å². The van der Waals surface area contributed by atoms with E-state index in [0.717, 1.165) is 84.1 Å². The molecule has 5 rings (SSSR count). The van der Waals surface area contributed by atoms with Gasteiger partial charge in [-0.25, -0.2) is 0 Å². The first-order valence-corrected chi connectivity index (χ1v) is 12.5. The molecule has 1 aliphatic rings. The molecule has 186 valence electrons. The number of H-pyrrole nitrogens is 1. The van der Waals surface area contributed by atoms with Gasteiger partial charge in [-0.3, -0.25) is 15.0 Å². The molecule has 0 amide bonds. The highest BCUT2D eigenvalue weighted by molar-refractivity contribution is 6.31. The first-order valence-electron chi connectivity index (χ1n) is 12.1. The molecule has 0 unspecified atom stereocenters. The van der Waals surface area contributed by atoms with Crippen molar-refractivity contribution in [2.75, 3.05) is 26.3 Å². The predicted molar refractivity (Wildman–Crippen MR) is 141 cm³/mol. The van der Waals surface area contributed by atoms with Crippen molar-refractivity contribution in [1.29, 1.82) is 0 Å². The Bertz CT molecular complexity index is 1330. The van der Waals surface area contributed by atoms with Crippen LogP contribution in [0.5, 0.6) is 5.75 Å². The van der Waals surface area contributed by atoms with E-state index in [1.807, 2.05) is 56.3 Å². The van der Waals surface area contributed by atoms with E-state index in [-0.39, 0.29) is 6.10 Å². The van der Waals surface area contributed by atoms with Crippen molar-refractivity contribution in [1.82, 2.24) is 30.3 Å². The molecule has 3 aromatic heterocycles. The van der Waals surface area contributed by atoms with E-state index in [1.54, 1.807) is 12.4 Å². The smallest absolute Gasteiger partial charge is 0.123 e. The molecule has 1 aromatic carbocycles. The Balaban J connectivity index is 1.28.